The molecule has 88 valence electrons. The van der Waals surface area contributed by atoms with Gasteiger partial charge in [-0.25, -0.2) is 0 Å². The van der Waals surface area contributed by atoms with Crippen molar-refractivity contribution in [1.82, 2.24) is 0 Å². The van der Waals surface area contributed by atoms with Crippen molar-refractivity contribution < 1.29 is 4.42 Å². The maximum Gasteiger partial charge on any atom is 0.208 e. The Hall–Kier alpha value is -1.27. The predicted octanol–water partition coefficient (Wildman–Crippen LogP) is 4.57. The molecule has 0 fully saturated rings. The fourth-order valence-corrected chi connectivity index (χ4v) is 2.70. The number of fused-ring (bicyclic) bond motifs is 1. The van der Waals surface area contributed by atoms with Crippen molar-refractivity contribution in [2.24, 2.45) is 5.92 Å². The Balaban J connectivity index is 2.75. The number of furan rings is 1. The Morgan fingerprint density at radius 2 is 2.12 bits per heavy atom. The molecule has 3 heteroatoms. The van der Waals surface area contributed by atoms with E-state index in [1.807, 2.05) is 13.0 Å². The molecule has 0 aliphatic rings. The van der Waals surface area contributed by atoms with Gasteiger partial charge in [0, 0.05) is 10.9 Å². The minimum atomic E-state index is 0.444. The lowest BCUT2D eigenvalue weighted by Gasteiger charge is -2.03. The molecular formula is C14H14BrNO. The molecule has 0 aliphatic carbocycles. The van der Waals surface area contributed by atoms with Crippen LogP contribution in [0.3, 0.4) is 0 Å². The second-order valence-corrected chi connectivity index (χ2v) is 5.60. The molecule has 0 amide bonds. The third kappa shape index (κ3) is 2.23. The average Bonchev–Trinajstić information content (AvgIpc) is 2.56. The molecule has 1 heterocycles. The van der Waals surface area contributed by atoms with Crippen molar-refractivity contribution in [2.45, 2.75) is 27.2 Å². The largest absolute Gasteiger partial charge is 0.444 e. The summed E-state index contributed by atoms with van der Waals surface area (Å²) in [6, 6.07) is 6.24. The van der Waals surface area contributed by atoms with E-state index in [2.05, 4.69) is 41.9 Å². The zero-order chi connectivity index (χ0) is 12.6. The maximum atomic E-state index is 9.13. The van der Waals surface area contributed by atoms with Gasteiger partial charge in [0.25, 0.3) is 0 Å². The molecule has 2 aromatic rings. The summed E-state index contributed by atoms with van der Waals surface area (Å²) >= 11 is 3.49. The first-order valence-corrected chi connectivity index (χ1v) is 6.44. The Morgan fingerprint density at radius 3 is 2.71 bits per heavy atom. The summed E-state index contributed by atoms with van der Waals surface area (Å²) in [6.07, 6.45) is 0.867. The first-order chi connectivity index (χ1) is 8.02. The van der Waals surface area contributed by atoms with Crippen LogP contribution in [0.4, 0.5) is 0 Å². The Labute approximate surface area is 109 Å². The predicted molar refractivity (Wildman–Crippen MR) is 71.9 cm³/mol. The van der Waals surface area contributed by atoms with Gasteiger partial charge in [-0.15, -0.1) is 0 Å². The fraction of sp³-hybridized carbons (Fsp3) is 0.357. The van der Waals surface area contributed by atoms with Crippen molar-refractivity contribution in [3.63, 3.8) is 0 Å². The lowest BCUT2D eigenvalue weighted by molar-refractivity contribution is 0.578. The summed E-state index contributed by atoms with van der Waals surface area (Å²) in [4.78, 5) is 0. The number of nitrogens with zero attached hydrogens (tertiary/aromatic N) is 1. The zero-order valence-electron chi connectivity index (χ0n) is 10.2. The van der Waals surface area contributed by atoms with Crippen LogP contribution in [0.15, 0.2) is 21.0 Å². The second kappa shape index (κ2) is 4.54. The molecule has 0 saturated heterocycles. The molecule has 0 unspecified atom stereocenters. The minimum Gasteiger partial charge on any atom is -0.444 e. The number of benzene rings is 1. The SMILES string of the molecule is Cc1cc(Br)c2oc(C#N)c(CC(C)C)c2c1. The molecular weight excluding hydrogens is 278 g/mol. The molecule has 0 N–H and O–H groups in total. The van der Waals surface area contributed by atoms with Crippen LogP contribution in [0.1, 0.15) is 30.7 Å². The van der Waals surface area contributed by atoms with Crippen LogP contribution >= 0.6 is 15.9 Å². The van der Waals surface area contributed by atoms with Gasteiger partial charge in [-0.05, 0) is 52.9 Å². The lowest BCUT2D eigenvalue weighted by Crippen LogP contribution is -1.95. The second-order valence-electron chi connectivity index (χ2n) is 4.74. The van der Waals surface area contributed by atoms with E-state index in [0.29, 0.717) is 11.7 Å². The third-order valence-corrected chi connectivity index (χ3v) is 3.29. The fourth-order valence-electron chi connectivity index (χ4n) is 2.04. The smallest absolute Gasteiger partial charge is 0.208 e. The van der Waals surface area contributed by atoms with Crippen molar-refractivity contribution in [1.29, 1.82) is 5.26 Å². The van der Waals surface area contributed by atoms with Gasteiger partial charge in [-0.3, -0.25) is 0 Å². The molecule has 2 rings (SSSR count). The highest BCUT2D eigenvalue weighted by molar-refractivity contribution is 9.10. The van der Waals surface area contributed by atoms with E-state index in [0.717, 1.165) is 27.4 Å². The van der Waals surface area contributed by atoms with Crippen LogP contribution in [-0.4, -0.2) is 0 Å². The normalized spacial score (nSPS) is 11.1. The molecule has 0 bridgehead atoms. The van der Waals surface area contributed by atoms with Gasteiger partial charge in [0.2, 0.25) is 5.76 Å². The quantitative estimate of drug-likeness (QED) is 0.812. The van der Waals surface area contributed by atoms with Crippen LogP contribution in [0.2, 0.25) is 0 Å². The van der Waals surface area contributed by atoms with Gasteiger partial charge in [0.1, 0.15) is 11.7 Å². The molecule has 0 atom stereocenters. The first-order valence-electron chi connectivity index (χ1n) is 5.64. The van der Waals surface area contributed by atoms with E-state index in [9.17, 15) is 0 Å². The van der Waals surface area contributed by atoms with E-state index in [-0.39, 0.29) is 0 Å². The number of nitriles is 1. The van der Waals surface area contributed by atoms with Crippen LogP contribution < -0.4 is 0 Å². The highest BCUT2D eigenvalue weighted by Crippen LogP contribution is 2.33. The highest BCUT2D eigenvalue weighted by atomic mass is 79.9. The Bertz CT molecular complexity index is 605. The summed E-state index contributed by atoms with van der Waals surface area (Å²) in [5, 5.41) is 10.2. The zero-order valence-corrected chi connectivity index (χ0v) is 11.8. The summed E-state index contributed by atoms with van der Waals surface area (Å²) in [7, 11) is 0. The Kier molecular flexibility index (Phi) is 3.26. The number of hydrogen-bond acceptors (Lipinski definition) is 2. The maximum absolute atomic E-state index is 9.13. The average molecular weight is 292 g/mol. The van der Waals surface area contributed by atoms with Gasteiger partial charge >= 0.3 is 0 Å². The number of aryl methyl sites for hydroxylation is 1. The molecule has 2 nitrogen and oxygen atoms in total. The van der Waals surface area contributed by atoms with Crippen molar-refractivity contribution in [3.05, 3.63) is 33.5 Å². The van der Waals surface area contributed by atoms with E-state index >= 15 is 0 Å². The first kappa shape index (κ1) is 12.2. The van der Waals surface area contributed by atoms with Crippen LogP contribution in [-0.2, 0) is 6.42 Å². The van der Waals surface area contributed by atoms with E-state index in [1.54, 1.807) is 0 Å². The van der Waals surface area contributed by atoms with E-state index in [4.69, 9.17) is 9.68 Å². The number of hydrogen-bond donors (Lipinski definition) is 0. The minimum absolute atomic E-state index is 0.444. The van der Waals surface area contributed by atoms with Gasteiger partial charge in [-0.1, -0.05) is 13.8 Å². The van der Waals surface area contributed by atoms with Crippen LogP contribution in [0, 0.1) is 24.2 Å². The summed E-state index contributed by atoms with van der Waals surface area (Å²) < 4.78 is 6.54. The molecule has 1 aromatic carbocycles. The summed E-state index contributed by atoms with van der Waals surface area (Å²) in [5.74, 6) is 0.946. The van der Waals surface area contributed by atoms with Crippen molar-refractivity contribution in [3.8, 4) is 6.07 Å². The van der Waals surface area contributed by atoms with E-state index in [1.165, 1.54) is 5.56 Å². The number of rotatable bonds is 2. The standard InChI is InChI=1S/C14H14BrNO/c1-8(2)4-10-11-5-9(3)6-12(15)14(11)17-13(10)7-16/h5-6,8H,4H2,1-3H3. The van der Waals surface area contributed by atoms with Gasteiger partial charge < -0.3 is 4.42 Å². The van der Waals surface area contributed by atoms with Gasteiger partial charge in [0.15, 0.2) is 0 Å². The molecule has 0 spiro atoms. The molecule has 0 aliphatic heterocycles. The molecule has 0 radical (unpaired) electrons. The van der Waals surface area contributed by atoms with Gasteiger partial charge in [0.05, 0.1) is 4.47 Å². The van der Waals surface area contributed by atoms with E-state index < -0.39 is 0 Å². The molecule has 1 aromatic heterocycles. The van der Waals surface area contributed by atoms with Crippen LogP contribution in [0.5, 0.6) is 0 Å². The van der Waals surface area contributed by atoms with Crippen LogP contribution in [0.25, 0.3) is 11.0 Å². The topological polar surface area (TPSA) is 36.9 Å². The Morgan fingerprint density at radius 1 is 1.41 bits per heavy atom. The highest BCUT2D eigenvalue weighted by Gasteiger charge is 2.17. The summed E-state index contributed by atoms with van der Waals surface area (Å²) in [5.41, 5.74) is 2.98. The van der Waals surface area contributed by atoms with Crippen molar-refractivity contribution in [2.75, 3.05) is 0 Å². The molecule has 0 saturated carbocycles. The van der Waals surface area contributed by atoms with Gasteiger partial charge in [-0.2, -0.15) is 5.26 Å². The lowest BCUT2D eigenvalue weighted by atomic mass is 9.99. The third-order valence-electron chi connectivity index (χ3n) is 2.71. The molecule has 17 heavy (non-hydrogen) atoms. The monoisotopic (exact) mass is 291 g/mol. The van der Waals surface area contributed by atoms with Crippen molar-refractivity contribution >= 4 is 26.9 Å². The number of halogens is 1. The summed E-state index contributed by atoms with van der Waals surface area (Å²) in [6.45, 7) is 6.33.